The van der Waals surface area contributed by atoms with E-state index in [1.54, 1.807) is 41.3 Å². The number of aliphatic hydroxyl groups is 3. The number of hydrogen-bond acceptors (Lipinski definition) is 9. The summed E-state index contributed by atoms with van der Waals surface area (Å²) in [4.78, 5) is 51.4. The number of unbranched alkanes of at least 4 members (excludes halogenated alkanes) is 5. The molecule has 2 aromatic carbocycles. The van der Waals surface area contributed by atoms with Crippen LogP contribution in [0.5, 0.6) is 5.75 Å². The molecule has 13 nitrogen and oxygen atoms in total. The van der Waals surface area contributed by atoms with E-state index in [1.807, 2.05) is 18.2 Å². The molecule has 1 heterocycles. The third-order valence-corrected chi connectivity index (χ3v) is 8.27. The Hall–Kier alpha value is -4.04. The number of hydrogen-bond donors (Lipinski definition) is 6. The van der Waals surface area contributed by atoms with E-state index in [0.717, 1.165) is 44.9 Å². The summed E-state index contributed by atoms with van der Waals surface area (Å²) in [6, 6.07) is 14.4. The maximum absolute atomic E-state index is 13.0. The monoisotopic (exact) mass is 684 g/mol. The fourth-order valence-corrected chi connectivity index (χ4v) is 5.50. The Bertz CT molecular complexity index is 1310. The predicted molar refractivity (Wildman–Crippen MR) is 184 cm³/mol. The average Bonchev–Trinajstić information content (AvgIpc) is 3.09. The predicted octanol–water partition coefficient (Wildman–Crippen LogP) is 2.74. The maximum Gasteiger partial charge on any atom is 0.251 e. The molecule has 0 saturated carbocycles. The van der Waals surface area contributed by atoms with E-state index in [0.29, 0.717) is 43.1 Å². The molecule has 6 N–H and O–H groups in total. The van der Waals surface area contributed by atoms with Gasteiger partial charge in [-0.3, -0.25) is 19.2 Å². The van der Waals surface area contributed by atoms with Gasteiger partial charge in [-0.05, 0) is 55.7 Å². The van der Waals surface area contributed by atoms with Crippen LogP contribution in [0.1, 0.15) is 82.0 Å². The highest BCUT2D eigenvalue weighted by Crippen LogP contribution is 2.25. The summed E-state index contributed by atoms with van der Waals surface area (Å²) in [6.07, 6.45) is 1.67. The van der Waals surface area contributed by atoms with Crippen molar-refractivity contribution in [1.82, 2.24) is 15.5 Å². The number of anilines is 1. The lowest BCUT2D eigenvalue weighted by Crippen LogP contribution is -2.65. The van der Waals surface area contributed by atoms with E-state index in [-0.39, 0.29) is 24.1 Å². The minimum atomic E-state index is -1.43. The number of rotatable bonds is 20. The third-order valence-electron chi connectivity index (χ3n) is 8.27. The van der Waals surface area contributed by atoms with Gasteiger partial charge >= 0.3 is 0 Å². The number of carbonyl (C=O) groups excluding carboxylic acids is 4. The summed E-state index contributed by atoms with van der Waals surface area (Å²) in [5, 5.41) is 38.5. The minimum absolute atomic E-state index is 0.0430. The quantitative estimate of drug-likeness (QED) is 0.114. The summed E-state index contributed by atoms with van der Waals surface area (Å²) < 4.78 is 11.4. The van der Waals surface area contributed by atoms with Gasteiger partial charge in [-0.15, -0.1) is 0 Å². The number of amides is 4. The van der Waals surface area contributed by atoms with Gasteiger partial charge in [0.1, 0.15) is 30.1 Å². The molecule has 0 spiro atoms. The van der Waals surface area contributed by atoms with Gasteiger partial charge in [0.25, 0.3) is 5.91 Å². The molecule has 3 rings (SSSR count). The van der Waals surface area contributed by atoms with Gasteiger partial charge in [0.05, 0.1) is 6.61 Å². The summed E-state index contributed by atoms with van der Waals surface area (Å²) in [6.45, 7) is 4.23. The van der Waals surface area contributed by atoms with Crippen molar-refractivity contribution in [2.45, 2.75) is 102 Å². The third kappa shape index (κ3) is 13.4. The molecule has 5 atom stereocenters. The number of nitrogens with zero attached hydrogens (tertiary/aromatic N) is 1. The van der Waals surface area contributed by atoms with Crippen LogP contribution in [0.4, 0.5) is 5.69 Å². The van der Waals surface area contributed by atoms with Gasteiger partial charge in [-0.2, -0.15) is 0 Å². The van der Waals surface area contributed by atoms with Gasteiger partial charge in [-0.25, -0.2) is 0 Å². The van der Waals surface area contributed by atoms with E-state index in [1.165, 1.54) is 6.92 Å². The Kier molecular flexibility index (Phi) is 17.0. The summed E-state index contributed by atoms with van der Waals surface area (Å²) in [5.74, 6) is -0.449. The van der Waals surface area contributed by atoms with Crippen molar-refractivity contribution in [3.8, 4) is 5.75 Å². The van der Waals surface area contributed by atoms with Gasteiger partial charge in [-0.1, -0.05) is 50.8 Å². The first-order valence-corrected chi connectivity index (χ1v) is 17.2. The van der Waals surface area contributed by atoms with Crippen LogP contribution in [-0.4, -0.2) is 101 Å². The molecule has 49 heavy (non-hydrogen) atoms. The molecular weight excluding hydrogens is 632 g/mol. The molecule has 0 aromatic heterocycles. The number of ether oxygens (including phenoxy) is 2. The lowest BCUT2D eigenvalue weighted by molar-refractivity contribution is -0.244. The molecular formula is C36H52N4O9. The van der Waals surface area contributed by atoms with Crippen LogP contribution in [0, 0.1) is 0 Å². The maximum atomic E-state index is 13.0. The van der Waals surface area contributed by atoms with Gasteiger partial charge in [0.15, 0.2) is 0 Å². The second kappa shape index (κ2) is 21.1. The highest BCUT2D eigenvalue weighted by molar-refractivity contribution is 5.94. The highest BCUT2D eigenvalue weighted by atomic mass is 16.7. The van der Waals surface area contributed by atoms with Crippen molar-refractivity contribution in [2.75, 3.05) is 31.6 Å². The zero-order chi connectivity index (χ0) is 35.6. The van der Waals surface area contributed by atoms with Crippen LogP contribution >= 0.6 is 0 Å². The van der Waals surface area contributed by atoms with Gasteiger partial charge < -0.3 is 45.6 Å². The molecule has 4 amide bonds. The van der Waals surface area contributed by atoms with Crippen molar-refractivity contribution >= 4 is 29.3 Å². The molecule has 270 valence electrons. The molecule has 5 unspecified atom stereocenters. The van der Waals surface area contributed by atoms with E-state index < -0.39 is 43.2 Å². The first-order valence-electron chi connectivity index (χ1n) is 17.2. The molecule has 2 aromatic rings. The minimum Gasteiger partial charge on any atom is -0.463 e. The van der Waals surface area contributed by atoms with Crippen molar-refractivity contribution in [1.29, 1.82) is 0 Å². The largest absolute Gasteiger partial charge is 0.463 e. The topological polar surface area (TPSA) is 187 Å². The van der Waals surface area contributed by atoms with Crippen molar-refractivity contribution < 1.29 is 44.0 Å². The van der Waals surface area contributed by atoms with Crippen molar-refractivity contribution in [3.05, 3.63) is 60.2 Å². The molecule has 1 aliphatic rings. The Morgan fingerprint density at radius 3 is 2.24 bits per heavy atom. The Labute approximate surface area is 288 Å². The van der Waals surface area contributed by atoms with Gasteiger partial charge in [0.2, 0.25) is 24.0 Å². The van der Waals surface area contributed by atoms with E-state index in [4.69, 9.17) is 9.47 Å². The smallest absolute Gasteiger partial charge is 0.251 e. The number of nitrogens with one attached hydrogen (secondary N) is 3. The molecule has 1 aliphatic heterocycles. The number of aliphatic hydroxyl groups excluding tert-OH is 3. The second-order valence-corrected chi connectivity index (χ2v) is 12.2. The van der Waals surface area contributed by atoms with E-state index in [9.17, 15) is 34.5 Å². The lowest BCUT2D eigenvalue weighted by Gasteiger charge is -2.42. The Balaban J connectivity index is 1.45. The number of carbonyl (C=O) groups is 4. The zero-order valence-electron chi connectivity index (χ0n) is 28.5. The summed E-state index contributed by atoms with van der Waals surface area (Å²) >= 11 is 0. The summed E-state index contributed by atoms with van der Waals surface area (Å²) in [7, 11) is 0. The Morgan fingerprint density at radius 2 is 1.57 bits per heavy atom. The average molecular weight is 685 g/mol. The van der Waals surface area contributed by atoms with Gasteiger partial charge in [0, 0.05) is 50.7 Å². The fourth-order valence-electron chi connectivity index (χ4n) is 5.50. The van der Waals surface area contributed by atoms with Crippen molar-refractivity contribution in [3.63, 3.8) is 0 Å². The standard InChI is InChI=1S/C36H52N4O9/c1-3-4-8-15-31(44)40(22-12-6-5-11-21-37-35(47)26-13-9-7-10-14-26)23-20-30(43)39-27-16-18-28(19-17-27)48-36-32(38-25(2)42)34(46)33(45)29(24-41)49-36/h7,9-10,13-14,16-19,29,32-34,36,41,45-46H,3-6,8,11-12,15,20-24H2,1-2H3,(H,37,47)(H,38,42)(H,39,43). The van der Waals surface area contributed by atoms with Crippen LogP contribution in [0.3, 0.4) is 0 Å². The SMILES string of the molecule is CCCCCC(=O)N(CCCCCCNC(=O)c1ccccc1)CCC(=O)Nc1ccc(OC2OC(CO)C(O)C(O)C2NC(C)=O)cc1. The fraction of sp³-hybridized carbons (Fsp3) is 0.556. The molecule has 0 radical (unpaired) electrons. The molecule has 13 heteroatoms. The van der Waals surface area contributed by atoms with Crippen LogP contribution in [0.15, 0.2) is 54.6 Å². The van der Waals surface area contributed by atoms with E-state index >= 15 is 0 Å². The van der Waals surface area contributed by atoms with Crippen LogP contribution < -0.4 is 20.7 Å². The van der Waals surface area contributed by atoms with Crippen LogP contribution in [0.25, 0.3) is 0 Å². The molecule has 1 fully saturated rings. The molecule has 1 saturated heterocycles. The lowest BCUT2D eigenvalue weighted by atomic mass is 9.97. The summed E-state index contributed by atoms with van der Waals surface area (Å²) in [5.41, 5.74) is 1.14. The zero-order valence-corrected chi connectivity index (χ0v) is 28.5. The van der Waals surface area contributed by atoms with Crippen molar-refractivity contribution in [2.24, 2.45) is 0 Å². The molecule has 0 aliphatic carbocycles. The second-order valence-electron chi connectivity index (χ2n) is 12.2. The normalized spacial score (nSPS) is 20.2. The number of benzene rings is 2. The van der Waals surface area contributed by atoms with Crippen LogP contribution in [-0.2, 0) is 19.1 Å². The van der Waals surface area contributed by atoms with Crippen LogP contribution in [0.2, 0.25) is 0 Å². The molecule has 0 bridgehead atoms. The van der Waals surface area contributed by atoms with E-state index in [2.05, 4.69) is 22.9 Å². The Morgan fingerprint density at radius 1 is 0.857 bits per heavy atom. The highest BCUT2D eigenvalue weighted by Gasteiger charge is 2.46. The first kappa shape index (κ1) is 39.4. The first-order chi connectivity index (χ1) is 23.6.